The number of amides is 1. The highest BCUT2D eigenvalue weighted by Crippen LogP contribution is 2.36. The van der Waals surface area contributed by atoms with E-state index in [1.54, 1.807) is 39.9 Å². The molecule has 0 N–H and O–H groups in total. The van der Waals surface area contributed by atoms with Gasteiger partial charge in [-0.1, -0.05) is 42.9 Å². The Morgan fingerprint density at radius 2 is 1.64 bits per heavy atom. The number of anilines is 1. The minimum absolute atomic E-state index is 0.0815. The van der Waals surface area contributed by atoms with E-state index < -0.39 is 10.0 Å². The van der Waals surface area contributed by atoms with Crippen molar-refractivity contribution in [3.63, 3.8) is 0 Å². The van der Waals surface area contributed by atoms with Gasteiger partial charge in [-0.2, -0.15) is 4.31 Å². The minimum atomic E-state index is -3.56. The van der Waals surface area contributed by atoms with Crippen LogP contribution in [0.25, 0.3) is 10.2 Å². The highest BCUT2D eigenvalue weighted by atomic mass is 35.5. The molecule has 7 nitrogen and oxygen atoms in total. The van der Waals surface area contributed by atoms with E-state index in [4.69, 9.17) is 16.6 Å². The fourth-order valence-electron chi connectivity index (χ4n) is 5.23. The maximum atomic E-state index is 13.2. The Kier molecular flexibility index (Phi) is 7.02. The van der Waals surface area contributed by atoms with Crippen molar-refractivity contribution >= 4 is 54.2 Å². The molecule has 0 radical (unpaired) electrons. The number of nitrogens with zero attached hydrogens (tertiary/aromatic N) is 4. The maximum Gasteiger partial charge on any atom is 0.253 e. The average Bonchev–Trinajstić information content (AvgIpc) is 3.33. The fraction of sp³-hybridized carbons (Fsp3) is 0.462. The van der Waals surface area contributed by atoms with Crippen LogP contribution in [0.2, 0.25) is 5.02 Å². The van der Waals surface area contributed by atoms with Gasteiger partial charge >= 0.3 is 0 Å². The number of benzene rings is 2. The van der Waals surface area contributed by atoms with E-state index in [0.29, 0.717) is 61.7 Å². The zero-order chi connectivity index (χ0) is 25.6. The van der Waals surface area contributed by atoms with Crippen LogP contribution in [0, 0.1) is 18.8 Å². The number of carbonyl (C=O) groups is 1. The molecule has 36 heavy (non-hydrogen) atoms. The van der Waals surface area contributed by atoms with Crippen LogP contribution in [-0.4, -0.2) is 67.8 Å². The third-order valence-corrected chi connectivity index (χ3v) is 10.5. The summed E-state index contributed by atoms with van der Waals surface area (Å²) in [4.78, 5) is 22.2. The summed E-state index contributed by atoms with van der Waals surface area (Å²) < 4.78 is 28.9. The number of piperidine rings is 1. The van der Waals surface area contributed by atoms with Gasteiger partial charge in [0.05, 0.1) is 20.1 Å². The molecular formula is C26H31ClN4O3S2. The zero-order valence-electron chi connectivity index (χ0n) is 20.8. The van der Waals surface area contributed by atoms with Gasteiger partial charge in [0, 0.05) is 44.8 Å². The predicted octanol–water partition coefficient (Wildman–Crippen LogP) is 4.89. The number of rotatable bonds is 4. The molecule has 10 heteroatoms. The number of sulfonamides is 1. The van der Waals surface area contributed by atoms with Crippen molar-refractivity contribution in [3.05, 3.63) is 52.5 Å². The smallest absolute Gasteiger partial charge is 0.253 e. The molecule has 2 unspecified atom stereocenters. The van der Waals surface area contributed by atoms with Crippen molar-refractivity contribution in [2.24, 2.45) is 11.8 Å². The molecular weight excluding hydrogens is 516 g/mol. The Bertz CT molecular complexity index is 1330. The Morgan fingerprint density at radius 1 is 1.00 bits per heavy atom. The third-order valence-electron chi connectivity index (χ3n) is 7.10. The average molecular weight is 547 g/mol. The zero-order valence-corrected chi connectivity index (χ0v) is 23.2. The summed E-state index contributed by atoms with van der Waals surface area (Å²) in [6.07, 6.45) is 1.04. The van der Waals surface area contributed by atoms with Gasteiger partial charge in [0.15, 0.2) is 5.13 Å². The van der Waals surface area contributed by atoms with Gasteiger partial charge in [0.1, 0.15) is 0 Å². The van der Waals surface area contributed by atoms with Gasteiger partial charge in [-0.3, -0.25) is 4.79 Å². The molecule has 2 atom stereocenters. The molecule has 192 valence electrons. The van der Waals surface area contributed by atoms with E-state index in [9.17, 15) is 13.2 Å². The second-order valence-corrected chi connectivity index (χ2v) is 13.4. The molecule has 2 fully saturated rings. The molecule has 3 heterocycles. The summed E-state index contributed by atoms with van der Waals surface area (Å²) in [5.74, 6) is 0.598. The molecule has 0 bridgehead atoms. The predicted molar refractivity (Wildman–Crippen MR) is 146 cm³/mol. The van der Waals surface area contributed by atoms with Crippen LogP contribution < -0.4 is 4.90 Å². The molecule has 2 aliphatic heterocycles. The summed E-state index contributed by atoms with van der Waals surface area (Å²) in [7, 11) is -3.56. The lowest BCUT2D eigenvalue weighted by atomic mass is 9.94. The normalized spacial score (nSPS) is 21.8. The number of halogens is 1. The Labute approximate surface area is 221 Å². The maximum absolute atomic E-state index is 13.2. The number of hydrogen-bond donors (Lipinski definition) is 0. The number of aryl methyl sites for hydroxylation is 1. The van der Waals surface area contributed by atoms with Gasteiger partial charge in [0.25, 0.3) is 5.91 Å². The Hall–Kier alpha value is -2.20. The van der Waals surface area contributed by atoms with E-state index in [1.165, 1.54) is 0 Å². The topological polar surface area (TPSA) is 73.8 Å². The highest BCUT2D eigenvalue weighted by Gasteiger charge is 2.32. The summed E-state index contributed by atoms with van der Waals surface area (Å²) in [5.41, 5.74) is 2.54. The van der Waals surface area contributed by atoms with Crippen LogP contribution in [0.3, 0.4) is 0 Å². The van der Waals surface area contributed by atoms with Gasteiger partial charge in [-0.25, -0.2) is 13.4 Å². The minimum Gasteiger partial charge on any atom is -0.345 e. The van der Waals surface area contributed by atoms with Gasteiger partial charge in [-0.15, -0.1) is 0 Å². The molecule has 1 amide bonds. The number of piperazine rings is 1. The number of fused-ring (bicyclic) bond motifs is 1. The van der Waals surface area contributed by atoms with Crippen molar-refractivity contribution in [2.75, 3.05) is 44.2 Å². The first-order valence-electron chi connectivity index (χ1n) is 12.3. The number of carbonyl (C=O) groups excluding carboxylic acids is 1. The summed E-state index contributed by atoms with van der Waals surface area (Å²) in [6, 6.07) is 10.3. The summed E-state index contributed by atoms with van der Waals surface area (Å²) >= 11 is 7.95. The Balaban J connectivity index is 1.24. The first-order valence-corrected chi connectivity index (χ1v) is 15.0. The van der Waals surface area contributed by atoms with Crippen LogP contribution in [0.5, 0.6) is 0 Å². The molecule has 0 aliphatic carbocycles. The van der Waals surface area contributed by atoms with E-state index in [-0.39, 0.29) is 10.8 Å². The van der Waals surface area contributed by atoms with E-state index >= 15 is 0 Å². The fourth-order valence-corrected chi connectivity index (χ4v) is 8.28. The largest absolute Gasteiger partial charge is 0.345 e. The van der Waals surface area contributed by atoms with Crippen molar-refractivity contribution in [1.29, 1.82) is 0 Å². The number of aromatic nitrogens is 1. The van der Waals surface area contributed by atoms with Crippen molar-refractivity contribution in [2.45, 2.75) is 32.1 Å². The van der Waals surface area contributed by atoms with Crippen LogP contribution in [0.4, 0.5) is 5.13 Å². The van der Waals surface area contributed by atoms with Gasteiger partial charge in [0.2, 0.25) is 10.0 Å². The number of thiazole rings is 1. The van der Waals surface area contributed by atoms with E-state index in [2.05, 4.69) is 18.7 Å². The first kappa shape index (κ1) is 25.4. The Morgan fingerprint density at radius 3 is 2.25 bits per heavy atom. The second-order valence-electron chi connectivity index (χ2n) is 10.1. The molecule has 2 aromatic carbocycles. The van der Waals surface area contributed by atoms with Crippen LogP contribution in [0.1, 0.15) is 36.2 Å². The molecule has 5 rings (SSSR count). The molecule has 1 aromatic heterocycles. The molecule has 2 saturated heterocycles. The third kappa shape index (κ3) is 4.86. The molecule has 3 aromatic rings. The quantitative estimate of drug-likeness (QED) is 0.466. The highest BCUT2D eigenvalue weighted by molar-refractivity contribution is 7.89. The summed E-state index contributed by atoms with van der Waals surface area (Å²) in [5, 5.41) is 1.63. The van der Waals surface area contributed by atoms with Gasteiger partial charge < -0.3 is 9.80 Å². The standard InChI is InChI=1S/C26H31ClN4O3S2/c1-17-14-18(2)16-31(15-17)36(33,34)21-7-5-20(6-8-21)25(32)29-10-12-30(13-11-29)26-28-23-19(3)4-9-22(27)24(23)35-26/h4-9,17-18H,10-16H2,1-3H3. The van der Waals surface area contributed by atoms with Crippen LogP contribution >= 0.6 is 22.9 Å². The van der Waals surface area contributed by atoms with E-state index in [0.717, 1.165) is 27.3 Å². The first-order chi connectivity index (χ1) is 17.1. The lowest BCUT2D eigenvalue weighted by Gasteiger charge is -2.35. The number of hydrogen-bond acceptors (Lipinski definition) is 6. The molecule has 2 aliphatic rings. The lowest BCUT2D eigenvalue weighted by molar-refractivity contribution is 0.0746. The SMILES string of the molecule is Cc1ccc(Cl)c2sc(N3CCN(C(=O)c4ccc(S(=O)(=O)N5CC(C)CC(C)C5)cc4)CC3)nc12. The van der Waals surface area contributed by atoms with Gasteiger partial charge in [-0.05, 0) is 61.1 Å². The van der Waals surface area contributed by atoms with Crippen LogP contribution in [-0.2, 0) is 10.0 Å². The van der Waals surface area contributed by atoms with Crippen molar-refractivity contribution < 1.29 is 13.2 Å². The lowest BCUT2D eigenvalue weighted by Crippen LogP contribution is -2.48. The molecule has 0 saturated carbocycles. The van der Waals surface area contributed by atoms with Crippen LogP contribution in [0.15, 0.2) is 41.3 Å². The summed E-state index contributed by atoms with van der Waals surface area (Å²) in [6.45, 7) is 9.80. The molecule has 0 spiro atoms. The van der Waals surface area contributed by atoms with Crippen molar-refractivity contribution in [1.82, 2.24) is 14.2 Å². The van der Waals surface area contributed by atoms with E-state index in [1.807, 2.05) is 24.0 Å². The monoisotopic (exact) mass is 546 g/mol. The van der Waals surface area contributed by atoms with Crippen molar-refractivity contribution in [3.8, 4) is 0 Å². The second kappa shape index (κ2) is 9.93.